The summed E-state index contributed by atoms with van der Waals surface area (Å²) in [5.74, 6) is 0.0844. The van der Waals surface area contributed by atoms with Gasteiger partial charge in [-0.3, -0.25) is 37.3 Å². The molecule has 0 spiro atoms. The van der Waals surface area contributed by atoms with Crippen LogP contribution in [0.5, 0.6) is 0 Å². The van der Waals surface area contributed by atoms with Crippen LogP contribution in [-0.4, -0.2) is 96.7 Å². The first-order chi connectivity index (χ1) is 46.3. The van der Waals surface area contributed by atoms with E-state index in [0.29, 0.717) is 37.5 Å². The summed E-state index contributed by atoms with van der Waals surface area (Å²) >= 11 is 0. The largest absolute Gasteiger partial charge is 0.472 e. The number of carbonyl (C=O) groups excluding carboxylic acids is 4. The molecule has 0 heterocycles. The molecule has 0 saturated heterocycles. The maximum absolute atomic E-state index is 13.1. The molecular formula is C77H146O17P2. The van der Waals surface area contributed by atoms with Crippen LogP contribution in [0, 0.1) is 17.8 Å². The van der Waals surface area contributed by atoms with Crippen molar-refractivity contribution in [2.45, 2.75) is 388 Å². The monoisotopic (exact) mass is 1410 g/mol. The molecule has 566 valence electrons. The zero-order chi connectivity index (χ0) is 70.9. The summed E-state index contributed by atoms with van der Waals surface area (Å²) in [5, 5.41) is 10.6. The molecule has 3 N–H and O–H groups in total. The molecule has 6 atom stereocenters. The molecule has 0 aliphatic rings. The van der Waals surface area contributed by atoms with Gasteiger partial charge < -0.3 is 33.8 Å². The number of allylic oxidation sites excluding steroid dienone is 4. The highest BCUT2D eigenvalue weighted by Crippen LogP contribution is 2.45. The Morgan fingerprint density at radius 2 is 0.615 bits per heavy atom. The Kier molecular flexibility index (Phi) is 65.3. The zero-order valence-electron chi connectivity index (χ0n) is 62.3. The number of unbranched alkanes of at least 4 members (excludes halogenated alkanes) is 37. The highest BCUT2D eigenvalue weighted by molar-refractivity contribution is 7.47. The van der Waals surface area contributed by atoms with Crippen LogP contribution in [0.15, 0.2) is 24.3 Å². The maximum atomic E-state index is 13.1. The second kappa shape index (κ2) is 67.1. The minimum atomic E-state index is -4.96. The molecule has 0 bridgehead atoms. The van der Waals surface area contributed by atoms with Crippen molar-refractivity contribution in [3.63, 3.8) is 0 Å². The molecule has 0 aromatic rings. The Morgan fingerprint density at radius 1 is 0.344 bits per heavy atom. The highest BCUT2D eigenvalue weighted by atomic mass is 31.2. The molecule has 19 heteroatoms. The fourth-order valence-electron chi connectivity index (χ4n) is 11.2. The molecule has 0 aromatic heterocycles. The third-order valence-electron chi connectivity index (χ3n) is 17.6. The van der Waals surface area contributed by atoms with Crippen molar-refractivity contribution < 1.29 is 80.2 Å². The van der Waals surface area contributed by atoms with E-state index in [1.54, 1.807) is 0 Å². The molecule has 0 rings (SSSR count). The van der Waals surface area contributed by atoms with Crippen LogP contribution < -0.4 is 0 Å². The number of carbonyl (C=O) groups is 4. The van der Waals surface area contributed by atoms with Crippen molar-refractivity contribution in [2.24, 2.45) is 17.8 Å². The third kappa shape index (κ3) is 68.7. The van der Waals surface area contributed by atoms with E-state index in [1.807, 2.05) is 0 Å². The van der Waals surface area contributed by atoms with Gasteiger partial charge in [0.15, 0.2) is 12.2 Å². The van der Waals surface area contributed by atoms with Gasteiger partial charge in [-0.05, 0) is 69.1 Å². The van der Waals surface area contributed by atoms with E-state index in [-0.39, 0.29) is 25.7 Å². The van der Waals surface area contributed by atoms with Gasteiger partial charge in [-0.15, -0.1) is 0 Å². The van der Waals surface area contributed by atoms with Crippen LogP contribution >= 0.6 is 15.6 Å². The van der Waals surface area contributed by atoms with E-state index < -0.39 is 97.5 Å². The summed E-state index contributed by atoms with van der Waals surface area (Å²) in [4.78, 5) is 72.7. The zero-order valence-corrected chi connectivity index (χ0v) is 64.1. The first kappa shape index (κ1) is 93.5. The topological polar surface area (TPSA) is 237 Å². The number of hydrogen-bond donors (Lipinski definition) is 3. The molecule has 4 unspecified atom stereocenters. The second-order valence-electron chi connectivity index (χ2n) is 28.3. The highest BCUT2D eigenvalue weighted by Gasteiger charge is 2.30. The van der Waals surface area contributed by atoms with E-state index in [2.05, 4.69) is 72.8 Å². The minimum Gasteiger partial charge on any atom is -0.462 e. The van der Waals surface area contributed by atoms with Crippen molar-refractivity contribution in [1.29, 1.82) is 0 Å². The molecule has 0 amide bonds. The van der Waals surface area contributed by atoms with Crippen LogP contribution in [0.25, 0.3) is 0 Å². The first-order valence-electron chi connectivity index (χ1n) is 39.2. The SMILES string of the molecule is CCCCCC/C=C\C=C/CCCCCCCC(=O)OC[C@H](COP(=O)(O)OCC(O)COP(=O)(O)OC[C@@H](COC(=O)CCCCCCCCCC(C)C)OC(=O)CCCCCCCCCCCCCCCCCCCCC(C)CC)OC(=O)CCCCCCCCC(C)C. The summed E-state index contributed by atoms with van der Waals surface area (Å²) in [5.41, 5.74) is 0. The Balaban J connectivity index is 5.16. The molecule has 0 saturated carbocycles. The Hall–Kier alpha value is -2.46. The van der Waals surface area contributed by atoms with Crippen molar-refractivity contribution in [3.05, 3.63) is 24.3 Å². The molecule has 0 aliphatic heterocycles. The van der Waals surface area contributed by atoms with Crippen molar-refractivity contribution in [2.75, 3.05) is 39.6 Å². The number of rotatable bonds is 73. The molecule has 17 nitrogen and oxygen atoms in total. The molecule has 0 fully saturated rings. The average molecular weight is 1410 g/mol. The van der Waals surface area contributed by atoms with Gasteiger partial charge in [0, 0.05) is 25.7 Å². The summed E-state index contributed by atoms with van der Waals surface area (Å²) in [6, 6.07) is 0. The average Bonchev–Trinajstić information content (AvgIpc) is 1.18. The smallest absolute Gasteiger partial charge is 0.462 e. The standard InChI is InChI=1S/C77H146O17P2/c1-8-10-11-12-13-14-15-16-21-25-28-31-36-44-51-58-74(79)87-65-73(94-77(82)61-54-47-40-39-42-49-56-69(5)6)67-92-96(85,86)90-63-71(78)62-89-95(83,84)91-66-72(64-88-75(80)59-52-45-38-33-34-41-48-55-68(3)4)93-76(81)60-53-46-37-32-29-26-23-20-18-17-19-22-24-27-30-35-43-50-57-70(7)9-2/h14-16,21,68-73,78H,8-13,17-20,22-67H2,1-7H3,(H,83,84)(H,85,86)/b15-14-,21-16-/t70?,71?,72-,73-/m1/s1. The normalized spacial score (nSPS) is 14.5. The maximum Gasteiger partial charge on any atom is 0.472 e. The van der Waals surface area contributed by atoms with E-state index in [9.17, 15) is 43.2 Å². The molecular weight excluding hydrogens is 1260 g/mol. The Labute approximate surface area is 586 Å². The predicted octanol–water partition coefficient (Wildman–Crippen LogP) is 22.1. The summed E-state index contributed by atoms with van der Waals surface area (Å²) in [6.07, 6.45) is 56.7. The van der Waals surface area contributed by atoms with Crippen LogP contribution in [-0.2, 0) is 65.4 Å². The van der Waals surface area contributed by atoms with Crippen LogP contribution in [0.2, 0.25) is 0 Å². The Bertz CT molecular complexity index is 1970. The lowest BCUT2D eigenvalue weighted by molar-refractivity contribution is -0.161. The summed E-state index contributed by atoms with van der Waals surface area (Å²) < 4.78 is 68.4. The number of hydrogen-bond acceptors (Lipinski definition) is 15. The number of phosphoric ester groups is 2. The van der Waals surface area contributed by atoms with Crippen LogP contribution in [0.3, 0.4) is 0 Å². The van der Waals surface area contributed by atoms with Gasteiger partial charge in [0.25, 0.3) is 0 Å². The fourth-order valence-corrected chi connectivity index (χ4v) is 12.8. The Morgan fingerprint density at radius 3 is 0.927 bits per heavy atom. The van der Waals surface area contributed by atoms with Gasteiger partial charge in [-0.2, -0.15) is 0 Å². The van der Waals surface area contributed by atoms with Crippen molar-refractivity contribution in [1.82, 2.24) is 0 Å². The van der Waals surface area contributed by atoms with Gasteiger partial charge >= 0.3 is 39.5 Å². The number of aliphatic hydroxyl groups is 1. The van der Waals surface area contributed by atoms with Gasteiger partial charge in [0.2, 0.25) is 0 Å². The number of ether oxygens (including phenoxy) is 4. The number of aliphatic hydroxyl groups excluding tert-OH is 1. The third-order valence-corrected chi connectivity index (χ3v) is 19.5. The molecule has 0 aliphatic carbocycles. The predicted molar refractivity (Wildman–Crippen MR) is 390 cm³/mol. The van der Waals surface area contributed by atoms with Crippen molar-refractivity contribution >= 4 is 39.5 Å². The van der Waals surface area contributed by atoms with Gasteiger partial charge in [-0.25, -0.2) is 9.13 Å². The number of esters is 4. The van der Waals surface area contributed by atoms with Crippen molar-refractivity contribution in [3.8, 4) is 0 Å². The molecule has 0 aromatic carbocycles. The van der Waals surface area contributed by atoms with Gasteiger partial charge in [0.05, 0.1) is 26.4 Å². The van der Waals surface area contributed by atoms with E-state index in [0.717, 1.165) is 121 Å². The summed E-state index contributed by atoms with van der Waals surface area (Å²) in [6.45, 7) is 11.7. The number of phosphoric acid groups is 2. The molecule has 96 heavy (non-hydrogen) atoms. The lowest BCUT2D eigenvalue weighted by atomic mass is 9.99. The van der Waals surface area contributed by atoms with Gasteiger partial charge in [0.1, 0.15) is 19.3 Å². The van der Waals surface area contributed by atoms with E-state index in [4.69, 9.17) is 37.0 Å². The summed E-state index contributed by atoms with van der Waals surface area (Å²) in [7, 11) is -9.92. The lowest BCUT2D eigenvalue weighted by Crippen LogP contribution is -2.30. The van der Waals surface area contributed by atoms with E-state index >= 15 is 0 Å². The van der Waals surface area contributed by atoms with Crippen LogP contribution in [0.4, 0.5) is 0 Å². The van der Waals surface area contributed by atoms with Gasteiger partial charge in [-0.1, -0.05) is 317 Å². The second-order valence-corrected chi connectivity index (χ2v) is 31.2. The minimum absolute atomic E-state index is 0.0950. The first-order valence-corrected chi connectivity index (χ1v) is 42.2. The van der Waals surface area contributed by atoms with E-state index in [1.165, 1.54) is 154 Å². The molecule has 0 radical (unpaired) electrons. The fraction of sp³-hybridized carbons (Fsp3) is 0.896. The quantitative estimate of drug-likeness (QED) is 0.0169. The lowest BCUT2D eigenvalue weighted by Gasteiger charge is -2.21. The van der Waals surface area contributed by atoms with Crippen LogP contribution in [0.1, 0.15) is 370 Å².